The van der Waals surface area contributed by atoms with Gasteiger partial charge in [0, 0.05) is 11.1 Å². The third-order valence-electron chi connectivity index (χ3n) is 4.21. The lowest BCUT2D eigenvalue weighted by molar-refractivity contribution is -0.589. The van der Waals surface area contributed by atoms with E-state index in [1.54, 1.807) is 7.14 Å². The first kappa shape index (κ1) is 11.8. The van der Waals surface area contributed by atoms with Crippen molar-refractivity contribution in [1.29, 1.82) is 0 Å². The van der Waals surface area contributed by atoms with Crippen LogP contribution < -0.4 is 21.2 Å². The zero-order valence-corrected chi connectivity index (χ0v) is 13.5. The molecule has 0 saturated heterocycles. The molecule has 0 unspecified atom stereocenters. The predicted molar refractivity (Wildman–Crippen MR) is 84.3 cm³/mol. The minimum Gasteiger partial charge on any atom is -0.0616 e. The van der Waals surface area contributed by atoms with E-state index in [0.29, 0.717) is 0 Å². The molecular weight excluding hydrogens is 367 g/mol. The maximum Gasteiger partial charge on any atom is 0.359 e. The molecule has 1 aliphatic heterocycles. The SMILES string of the molecule is c1ccc2c3c(ccc2c1)[I+]c1ccc2ccccc2c1-3. The van der Waals surface area contributed by atoms with Gasteiger partial charge in [-0.3, -0.25) is 0 Å². The molecule has 4 aromatic rings. The third kappa shape index (κ3) is 1.61. The van der Waals surface area contributed by atoms with Gasteiger partial charge in [-0.1, -0.05) is 48.5 Å². The minimum atomic E-state index is -0.0469. The molecule has 0 spiro atoms. The normalized spacial score (nSPS) is 12.6. The minimum absolute atomic E-state index is 0.0469. The van der Waals surface area contributed by atoms with Crippen molar-refractivity contribution in [1.82, 2.24) is 0 Å². The highest BCUT2D eigenvalue weighted by molar-refractivity contribution is 6.05. The smallest absolute Gasteiger partial charge is 0.0616 e. The van der Waals surface area contributed by atoms with Gasteiger partial charge in [0.2, 0.25) is 7.14 Å². The fraction of sp³-hybridized carbons (Fsp3) is 0. The van der Waals surface area contributed by atoms with Crippen molar-refractivity contribution in [2.45, 2.75) is 0 Å². The molecule has 4 aromatic carbocycles. The molecule has 0 aliphatic carbocycles. The molecule has 0 atom stereocenters. The fourth-order valence-electron chi connectivity index (χ4n) is 3.27. The van der Waals surface area contributed by atoms with Crippen molar-refractivity contribution < 1.29 is 21.2 Å². The Bertz CT molecular complexity index is 931. The van der Waals surface area contributed by atoms with Crippen molar-refractivity contribution in [2.75, 3.05) is 0 Å². The molecule has 0 fully saturated rings. The van der Waals surface area contributed by atoms with Gasteiger partial charge in [0.15, 0.2) is 0 Å². The Kier molecular flexibility index (Phi) is 2.41. The highest BCUT2D eigenvalue weighted by Gasteiger charge is 2.35. The molecule has 0 bridgehead atoms. The van der Waals surface area contributed by atoms with Gasteiger partial charge in [-0.2, -0.15) is 0 Å². The topological polar surface area (TPSA) is 0 Å². The highest BCUT2D eigenvalue weighted by atomic mass is 127. The molecule has 1 heteroatoms. The molecule has 1 heterocycles. The standard InChI is InChI=1S/C20H12I/c1-3-7-15-13(5-1)9-11-17-19(15)20-16-8-4-2-6-14(16)10-12-18(20)21-17/h1-12H/q+1. The van der Waals surface area contributed by atoms with Gasteiger partial charge in [-0.15, -0.1) is 0 Å². The average Bonchev–Trinajstić information content (AvgIpc) is 2.94. The molecule has 0 radical (unpaired) electrons. The summed E-state index contributed by atoms with van der Waals surface area (Å²) in [5, 5.41) is 5.51. The Morgan fingerprint density at radius 3 is 1.48 bits per heavy atom. The van der Waals surface area contributed by atoms with Crippen LogP contribution in [0.25, 0.3) is 32.7 Å². The summed E-state index contributed by atoms with van der Waals surface area (Å²) in [5.74, 6) is 0. The van der Waals surface area contributed by atoms with Crippen LogP contribution in [0.3, 0.4) is 0 Å². The first-order valence-electron chi connectivity index (χ1n) is 7.10. The van der Waals surface area contributed by atoms with Gasteiger partial charge >= 0.3 is 21.2 Å². The quantitative estimate of drug-likeness (QED) is 0.362. The number of hydrogen-bond acceptors (Lipinski definition) is 0. The molecule has 0 amide bonds. The van der Waals surface area contributed by atoms with Crippen LogP contribution in [0.15, 0.2) is 72.8 Å². The van der Waals surface area contributed by atoms with E-state index >= 15 is 0 Å². The molecule has 0 saturated carbocycles. The van der Waals surface area contributed by atoms with Gasteiger partial charge in [-0.05, 0) is 45.8 Å². The molecule has 5 rings (SSSR count). The Hall–Kier alpha value is -1.87. The summed E-state index contributed by atoms with van der Waals surface area (Å²) in [5.41, 5.74) is 2.99. The Morgan fingerprint density at radius 1 is 0.476 bits per heavy atom. The average molecular weight is 379 g/mol. The van der Waals surface area contributed by atoms with E-state index < -0.39 is 0 Å². The van der Waals surface area contributed by atoms with Crippen LogP contribution in [0.5, 0.6) is 0 Å². The second-order valence-corrected chi connectivity index (χ2v) is 8.25. The molecule has 0 nitrogen and oxygen atoms in total. The van der Waals surface area contributed by atoms with Crippen molar-refractivity contribution in [3.8, 4) is 11.1 Å². The number of benzene rings is 4. The van der Waals surface area contributed by atoms with Gasteiger partial charge < -0.3 is 0 Å². The van der Waals surface area contributed by atoms with Gasteiger partial charge in [0.1, 0.15) is 0 Å². The molecular formula is C20H12I+. The van der Waals surface area contributed by atoms with Crippen LogP contribution in [-0.2, 0) is 0 Å². The van der Waals surface area contributed by atoms with Crippen molar-refractivity contribution in [3.05, 3.63) is 79.9 Å². The molecule has 0 N–H and O–H groups in total. The second kappa shape index (κ2) is 4.31. The second-order valence-electron chi connectivity index (χ2n) is 5.38. The van der Waals surface area contributed by atoms with Crippen LogP contribution in [0.4, 0.5) is 0 Å². The molecule has 0 aromatic heterocycles. The first-order valence-corrected chi connectivity index (χ1v) is 9.26. The maximum atomic E-state index is 2.35. The monoisotopic (exact) mass is 379 g/mol. The van der Waals surface area contributed by atoms with Crippen LogP contribution in [0.2, 0.25) is 0 Å². The summed E-state index contributed by atoms with van der Waals surface area (Å²) in [6.07, 6.45) is 0. The Labute approximate surface area is 133 Å². The highest BCUT2D eigenvalue weighted by Crippen LogP contribution is 2.35. The number of fused-ring (bicyclic) bond motifs is 7. The van der Waals surface area contributed by atoms with E-state index in [9.17, 15) is 0 Å². The zero-order chi connectivity index (χ0) is 13.8. The molecule has 21 heavy (non-hydrogen) atoms. The van der Waals surface area contributed by atoms with Gasteiger partial charge in [0.25, 0.3) is 0 Å². The zero-order valence-electron chi connectivity index (χ0n) is 11.3. The largest absolute Gasteiger partial charge is 0.359 e. The van der Waals surface area contributed by atoms with E-state index in [1.807, 2.05) is 0 Å². The first-order chi connectivity index (χ1) is 10.4. The summed E-state index contributed by atoms with van der Waals surface area (Å²) < 4.78 is 3.14. The van der Waals surface area contributed by atoms with Gasteiger partial charge in [0.05, 0.1) is 0 Å². The fourth-order valence-corrected chi connectivity index (χ4v) is 6.27. The number of rotatable bonds is 0. The van der Waals surface area contributed by atoms with Gasteiger partial charge in [-0.25, -0.2) is 0 Å². The van der Waals surface area contributed by atoms with E-state index in [2.05, 4.69) is 72.8 Å². The van der Waals surface area contributed by atoms with E-state index in [1.165, 1.54) is 32.7 Å². The summed E-state index contributed by atoms with van der Waals surface area (Å²) in [7, 11) is 0. The Balaban J connectivity index is 2.00. The summed E-state index contributed by atoms with van der Waals surface area (Å²) in [4.78, 5) is 0. The predicted octanol–water partition coefficient (Wildman–Crippen LogP) is 2.10. The van der Waals surface area contributed by atoms with E-state index in [0.717, 1.165) is 0 Å². The maximum absolute atomic E-state index is 2.35. The molecule has 98 valence electrons. The molecule has 1 aliphatic rings. The lowest BCUT2D eigenvalue weighted by Crippen LogP contribution is -3.61. The van der Waals surface area contributed by atoms with Crippen LogP contribution in [0, 0.1) is 7.14 Å². The number of halogens is 1. The summed E-state index contributed by atoms with van der Waals surface area (Å²) in [6, 6.07) is 26.8. The Morgan fingerprint density at radius 2 is 0.952 bits per heavy atom. The summed E-state index contributed by atoms with van der Waals surface area (Å²) >= 11 is -0.0469. The van der Waals surface area contributed by atoms with Crippen molar-refractivity contribution >= 4 is 21.5 Å². The van der Waals surface area contributed by atoms with E-state index in [-0.39, 0.29) is 21.2 Å². The summed E-state index contributed by atoms with van der Waals surface area (Å²) in [6.45, 7) is 0. The van der Waals surface area contributed by atoms with Crippen LogP contribution >= 0.6 is 0 Å². The van der Waals surface area contributed by atoms with E-state index in [4.69, 9.17) is 0 Å². The van der Waals surface area contributed by atoms with Crippen LogP contribution in [-0.4, -0.2) is 0 Å². The van der Waals surface area contributed by atoms with Crippen molar-refractivity contribution in [2.24, 2.45) is 0 Å². The lowest BCUT2D eigenvalue weighted by atomic mass is 9.94. The lowest BCUT2D eigenvalue weighted by Gasteiger charge is -2.05. The van der Waals surface area contributed by atoms with Crippen LogP contribution in [0.1, 0.15) is 0 Å². The third-order valence-corrected chi connectivity index (χ3v) is 7.17. The van der Waals surface area contributed by atoms with Crippen molar-refractivity contribution in [3.63, 3.8) is 0 Å². The number of hydrogen-bond donors (Lipinski definition) is 0.